The van der Waals surface area contributed by atoms with Crippen molar-refractivity contribution in [2.45, 2.75) is 39.3 Å². The summed E-state index contributed by atoms with van der Waals surface area (Å²) in [6.07, 6.45) is -0.313. The predicted octanol–water partition coefficient (Wildman–Crippen LogP) is 0.671. The third-order valence-corrected chi connectivity index (χ3v) is 4.17. The molecule has 1 aromatic carbocycles. The zero-order valence-electron chi connectivity index (χ0n) is 13.8. The molecule has 23 heavy (non-hydrogen) atoms. The van der Waals surface area contributed by atoms with Crippen molar-refractivity contribution in [3.8, 4) is 5.75 Å². The van der Waals surface area contributed by atoms with Gasteiger partial charge in [0.25, 0.3) is 0 Å². The van der Waals surface area contributed by atoms with Crippen molar-refractivity contribution >= 4 is 11.6 Å². The van der Waals surface area contributed by atoms with E-state index in [1.807, 2.05) is 31.2 Å². The third kappa shape index (κ3) is 3.41. The van der Waals surface area contributed by atoms with Gasteiger partial charge in [-0.1, -0.05) is 0 Å². The summed E-state index contributed by atoms with van der Waals surface area (Å²) >= 11 is 0. The fourth-order valence-corrected chi connectivity index (χ4v) is 3.06. The maximum absolute atomic E-state index is 12.3. The fraction of sp³-hybridized carbons (Fsp3) is 0.562. The van der Waals surface area contributed by atoms with Gasteiger partial charge in [-0.3, -0.25) is 15.5 Å². The number of benzene rings is 1. The maximum atomic E-state index is 12.3. The van der Waals surface area contributed by atoms with Gasteiger partial charge >= 0.3 is 0 Å². The molecule has 3 rings (SSSR count). The van der Waals surface area contributed by atoms with E-state index >= 15 is 0 Å². The quantitative estimate of drug-likeness (QED) is 0.639. The molecule has 2 aliphatic heterocycles. The summed E-state index contributed by atoms with van der Waals surface area (Å²) in [6, 6.07) is 8.03. The van der Waals surface area contributed by atoms with Crippen LogP contribution in [-0.2, 0) is 4.79 Å². The van der Waals surface area contributed by atoms with E-state index in [-0.39, 0.29) is 24.3 Å². The van der Waals surface area contributed by atoms with Crippen LogP contribution in [0.3, 0.4) is 0 Å². The molecule has 7 nitrogen and oxygen atoms in total. The first-order valence-electron chi connectivity index (χ1n) is 8.16. The zero-order valence-corrected chi connectivity index (χ0v) is 13.8. The third-order valence-electron chi connectivity index (χ3n) is 4.17. The topological polar surface area (TPSA) is 77.7 Å². The van der Waals surface area contributed by atoms with Gasteiger partial charge in [0.2, 0.25) is 5.91 Å². The fourth-order valence-electron chi connectivity index (χ4n) is 3.06. The summed E-state index contributed by atoms with van der Waals surface area (Å²) in [7, 11) is 0. The van der Waals surface area contributed by atoms with Gasteiger partial charge in [0, 0.05) is 18.3 Å². The predicted molar refractivity (Wildman–Crippen MR) is 88.6 cm³/mol. The Labute approximate surface area is 136 Å². The van der Waals surface area contributed by atoms with Crippen LogP contribution in [0.1, 0.15) is 20.8 Å². The lowest BCUT2D eigenvalue weighted by atomic mass is 10.0. The molecule has 1 amide bonds. The number of anilines is 1. The van der Waals surface area contributed by atoms with Gasteiger partial charge in [-0.2, -0.15) is 0 Å². The van der Waals surface area contributed by atoms with E-state index in [9.17, 15) is 4.79 Å². The number of carbonyl (C=O) groups excluding carboxylic acids is 1. The van der Waals surface area contributed by atoms with Crippen LogP contribution in [0.15, 0.2) is 24.3 Å². The number of rotatable bonds is 5. The molecule has 0 bridgehead atoms. The van der Waals surface area contributed by atoms with Gasteiger partial charge in [0.15, 0.2) is 6.29 Å². The zero-order chi connectivity index (χ0) is 16.4. The van der Waals surface area contributed by atoms with Gasteiger partial charge < -0.3 is 15.4 Å². The van der Waals surface area contributed by atoms with Crippen molar-refractivity contribution in [2.24, 2.45) is 5.92 Å². The van der Waals surface area contributed by atoms with E-state index in [1.54, 1.807) is 0 Å². The lowest BCUT2D eigenvalue weighted by Gasteiger charge is -2.38. The largest absolute Gasteiger partial charge is 0.494 e. The molecule has 0 aliphatic carbocycles. The first kappa shape index (κ1) is 16.0. The second-order valence-corrected chi connectivity index (χ2v) is 6.12. The number of nitrogens with zero attached hydrogens (tertiary/aromatic N) is 1. The minimum atomic E-state index is -0.303. The second-order valence-electron chi connectivity index (χ2n) is 6.12. The summed E-state index contributed by atoms with van der Waals surface area (Å²) < 4.78 is 5.44. The van der Waals surface area contributed by atoms with Crippen LogP contribution in [0, 0.1) is 5.92 Å². The maximum Gasteiger partial charge on any atom is 0.230 e. The van der Waals surface area contributed by atoms with E-state index in [0.717, 1.165) is 11.4 Å². The smallest absolute Gasteiger partial charge is 0.230 e. The Bertz CT molecular complexity index is 548. The van der Waals surface area contributed by atoms with Crippen LogP contribution in [0.25, 0.3) is 0 Å². The van der Waals surface area contributed by atoms with Crippen molar-refractivity contribution in [2.75, 3.05) is 18.5 Å². The molecular formula is C16H25N5O2. The standard InChI is InChI=1S/C16H25N5O2/c1-4-23-12-7-5-11(6-8-12)18-16-19-14-13(15(22)20-16)9-17-21(14)10(2)3/h5-8,10,13-14,16-19H,4,9H2,1-3H3,(H,20,22). The molecule has 0 spiro atoms. The van der Waals surface area contributed by atoms with Gasteiger partial charge in [-0.15, -0.1) is 0 Å². The van der Waals surface area contributed by atoms with Crippen molar-refractivity contribution in [1.29, 1.82) is 0 Å². The number of hydrazine groups is 1. The van der Waals surface area contributed by atoms with E-state index in [0.29, 0.717) is 19.2 Å². The number of nitrogens with one attached hydrogen (secondary N) is 4. The summed E-state index contributed by atoms with van der Waals surface area (Å²) in [5.74, 6) is 0.827. The highest BCUT2D eigenvalue weighted by molar-refractivity contribution is 5.81. The number of hydrogen-bond acceptors (Lipinski definition) is 6. The highest BCUT2D eigenvalue weighted by Gasteiger charge is 2.44. The number of carbonyl (C=O) groups is 1. The van der Waals surface area contributed by atoms with Gasteiger partial charge in [-0.05, 0) is 45.0 Å². The van der Waals surface area contributed by atoms with Crippen LogP contribution in [-0.4, -0.2) is 42.6 Å². The first-order valence-corrected chi connectivity index (χ1v) is 8.16. The van der Waals surface area contributed by atoms with E-state index in [4.69, 9.17) is 4.74 Å². The van der Waals surface area contributed by atoms with Crippen LogP contribution >= 0.6 is 0 Å². The average Bonchev–Trinajstić information content (AvgIpc) is 2.94. The Kier molecular flexibility index (Phi) is 4.70. The summed E-state index contributed by atoms with van der Waals surface area (Å²) in [4.78, 5) is 12.3. The van der Waals surface area contributed by atoms with Crippen LogP contribution in [0.4, 0.5) is 5.69 Å². The minimum Gasteiger partial charge on any atom is -0.494 e. The molecule has 0 saturated carbocycles. The van der Waals surface area contributed by atoms with Gasteiger partial charge in [-0.25, -0.2) is 5.01 Å². The molecule has 0 radical (unpaired) electrons. The van der Waals surface area contributed by atoms with E-state index in [1.165, 1.54) is 0 Å². The van der Waals surface area contributed by atoms with Crippen LogP contribution in [0.5, 0.6) is 5.75 Å². The Balaban J connectivity index is 1.65. The van der Waals surface area contributed by atoms with Crippen molar-refractivity contribution < 1.29 is 9.53 Å². The summed E-state index contributed by atoms with van der Waals surface area (Å²) in [5, 5.41) is 11.8. The highest BCUT2D eigenvalue weighted by Crippen LogP contribution is 2.22. The van der Waals surface area contributed by atoms with Crippen molar-refractivity contribution in [3.63, 3.8) is 0 Å². The Morgan fingerprint density at radius 3 is 2.74 bits per heavy atom. The van der Waals surface area contributed by atoms with E-state index < -0.39 is 0 Å². The molecule has 2 heterocycles. The number of amides is 1. The summed E-state index contributed by atoms with van der Waals surface area (Å²) in [5.41, 5.74) is 4.22. The Morgan fingerprint density at radius 1 is 1.35 bits per heavy atom. The Hall–Kier alpha value is -1.83. The number of fused-ring (bicyclic) bond motifs is 1. The molecule has 2 saturated heterocycles. The molecule has 3 atom stereocenters. The van der Waals surface area contributed by atoms with Crippen LogP contribution in [0.2, 0.25) is 0 Å². The molecule has 2 aliphatic rings. The SMILES string of the molecule is CCOc1ccc(NC2NC(=O)C3CNN(C(C)C)C3N2)cc1. The first-order chi connectivity index (χ1) is 11.1. The summed E-state index contributed by atoms with van der Waals surface area (Å²) in [6.45, 7) is 7.49. The van der Waals surface area contributed by atoms with Gasteiger partial charge in [0.1, 0.15) is 5.75 Å². The Morgan fingerprint density at radius 2 is 2.09 bits per heavy atom. The minimum absolute atomic E-state index is 0.0102. The number of hydrogen-bond donors (Lipinski definition) is 4. The molecule has 1 aromatic rings. The highest BCUT2D eigenvalue weighted by atomic mass is 16.5. The normalized spacial score (nSPS) is 27.7. The molecule has 0 aromatic heterocycles. The molecule has 7 heteroatoms. The lowest BCUT2D eigenvalue weighted by Crippen LogP contribution is -2.67. The lowest BCUT2D eigenvalue weighted by molar-refractivity contribution is -0.129. The molecule has 126 valence electrons. The van der Waals surface area contributed by atoms with Crippen LogP contribution < -0.4 is 26.1 Å². The molecule has 3 unspecified atom stereocenters. The van der Waals surface area contributed by atoms with E-state index in [2.05, 4.69) is 40.2 Å². The molecule has 2 fully saturated rings. The second kappa shape index (κ2) is 6.74. The van der Waals surface area contributed by atoms with Crippen molar-refractivity contribution in [1.82, 2.24) is 21.1 Å². The molecule has 4 N–H and O–H groups in total. The molecular weight excluding hydrogens is 294 g/mol. The van der Waals surface area contributed by atoms with Gasteiger partial charge in [0.05, 0.1) is 18.7 Å². The van der Waals surface area contributed by atoms with Crippen molar-refractivity contribution in [3.05, 3.63) is 24.3 Å². The number of ether oxygens (including phenoxy) is 1. The average molecular weight is 319 g/mol. The monoisotopic (exact) mass is 319 g/mol.